The number of methoxy groups -OCH3 is 2. The number of rotatable bonds is 6. The van der Waals surface area contributed by atoms with Crippen molar-refractivity contribution in [2.24, 2.45) is 0 Å². The first-order chi connectivity index (χ1) is 10.1. The molecule has 0 aromatic heterocycles. The Kier molecular flexibility index (Phi) is 6.73. The van der Waals surface area contributed by atoms with E-state index in [2.05, 4.69) is 14.8 Å². The highest BCUT2D eigenvalue weighted by Crippen LogP contribution is 2.07. The number of anilines is 1. The van der Waals surface area contributed by atoms with Crippen molar-refractivity contribution in [1.82, 2.24) is 4.90 Å². The number of nitrogens with zero attached hydrogens (tertiary/aromatic N) is 1. The lowest BCUT2D eigenvalue weighted by Gasteiger charge is -2.21. The van der Waals surface area contributed by atoms with Gasteiger partial charge >= 0.3 is 18.0 Å². The van der Waals surface area contributed by atoms with Gasteiger partial charge in [0.25, 0.3) is 0 Å². The van der Waals surface area contributed by atoms with Crippen molar-refractivity contribution in [3.63, 3.8) is 0 Å². The zero-order valence-corrected chi connectivity index (χ0v) is 12.0. The molecule has 0 bridgehead atoms. The van der Waals surface area contributed by atoms with Gasteiger partial charge in [0.2, 0.25) is 0 Å². The molecule has 114 valence electrons. The monoisotopic (exact) mass is 294 g/mol. The van der Waals surface area contributed by atoms with E-state index in [1.807, 2.05) is 6.07 Å². The molecule has 7 nitrogen and oxygen atoms in total. The Morgan fingerprint density at radius 1 is 1.05 bits per heavy atom. The molecule has 2 amide bonds. The summed E-state index contributed by atoms with van der Waals surface area (Å²) in [6, 6.07) is 8.31. The summed E-state index contributed by atoms with van der Waals surface area (Å²) in [7, 11) is 2.49. The predicted molar refractivity (Wildman–Crippen MR) is 75.7 cm³/mol. The molecule has 0 spiro atoms. The van der Waals surface area contributed by atoms with Crippen LogP contribution in [-0.2, 0) is 19.1 Å². The fraction of sp³-hybridized carbons (Fsp3) is 0.357. The van der Waals surface area contributed by atoms with Crippen LogP contribution in [0.15, 0.2) is 30.3 Å². The van der Waals surface area contributed by atoms with Crippen LogP contribution in [0, 0.1) is 0 Å². The maximum atomic E-state index is 12.1. The molecule has 0 unspecified atom stereocenters. The van der Waals surface area contributed by atoms with Crippen LogP contribution in [0.5, 0.6) is 0 Å². The Morgan fingerprint density at radius 3 is 2.24 bits per heavy atom. The minimum absolute atomic E-state index is 0.00426. The zero-order chi connectivity index (χ0) is 15.7. The van der Waals surface area contributed by atoms with Crippen molar-refractivity contribution in [1.29, 1.82) is 0 Å². The quantitative estimate of drug-likeness (QED) is 0.798. The number of carbonyl (C=O) groups excluding carboxylic acids is 3. The Morgan fingerprint density at radius 2 is 1.67 bits per heavy atom. The summed E-state index contributed by atoms with van der Waals surface area (Å²) >= 11 is 0. The third kappa shape index (κ3) is 5.94. The number of hydrogen-bond donors (Lipinski definition) is 1. The van der Waals surface area contributed by atoms with Crippen molar-refractivity contribution in [2.45, 2.75) is 6.42 Å². The van der Waals surface area contributed by atoms with Gasteiger partial charge in [0, 0.05) is 12.2 Å². The van der Waals surface area contributed by atoms with E-state index < -0.39 is 18.0 Å². The van der Waals surface area contributed by atoms with E-state index in [1.54, 1.807) is 24.3 Å². The van der Waals surface area contributed by atoms with Crippen LogP contribution in [0.25, 0.3) is 0 Å². The largest absolute Gasteiger partial charge is 0.469 e. The van der Waals surface area contributed by atoms with Crippen LogP contribution in [0.1, 0.15) is 6.42 Å². The SMILES string of the molecule is COC(=O)CCN(CC(=O)OC)C(=O)Nc1ccccc1. The van der Waals surface area contributed by atoms with Crippen molar-refractivity contribution < 1.29 is 23.9 Å². The molecule has 0 radical (unpaired) electrons. The van der Waals surface area contributed by atoms with Gasteiger partial charge in [0.1, 0.15) is 6.54 Å². The summed E-state index contributed by atoms with van der Waals surface area (Å²) in [5, 5.41) is 2.64. The zero-order valence-electron chi connectivity index (χ0n) is 12.0. The summed E-state index contributed by atoms with van der Waals surface area (Å²) in [4.78, 5) is 35.8. The molecular weight excluding hydrogens is 276 g/mol. The Balaban J connectivity index is 2.67. The molecule has 0 aliphatic carbocycles. The summed E-state index contributed by atoms with van der Waals surface area (Å²) in [5.41, 5.74) is 0.593. The number of urea groups is 1. The molecule has 0 saturated carbocycles. The number of ether oxygens (including phenoxy) is 2. The highest BCUT2D eigenvalue weighted by Gasteiger charge is 2.19. The van der Waals surface area contributed by atoms with E-state index in [0.29, 0.717) is 5.69 Å². The highest BCUT2D eigenvalue weighted by molar-refractivity contribution is 5.91. The lowest BCUT2D eigenvalue weighted by molar-refractivity contribution is -0.143. The molecule has 0 aliphatic heterocycles. The molecular formula is C14H18N2O5. The van der Waals surface area contributed by atoms with Gasteiger partial charge < -0.3 is 19.7 Å². The average Bonchev–Trinajstić information content (AvgIpc) is 2.51. The average molecular weight is 294 g/mol. The Bertz CT molecular complexity index is 489. The number of benzene rings is 1. The van der Waals surface area contributed by atoms with Crippen molar-refractivity contribution in [2.75, 3.05) is 32.6 Å². The van der Waals surface area contributed by atoms with Crippen molar-refractivity contribution in [3.05, 3.63) is 30.3 Å². The number of para-hydroxylation sites is 1. The smallest absolute Gasteiger partial charge is 0.325 e. The first-order valence-electron chi connectivity index (χ1n) is 6.31. The molecule has 0 fully saturated rings. The van der Waals surface area contributed by atoms with E-state index in [4.69, 9.17) is 0 Å². The van der Waals surface area contributed by atoms with Gasteiger partial charge in [-0.25, -0.2) is 4.79 Å². The van der Waals surface area contributed by atoms with Gasteiger partial charge in [-0.05, 0) is 12.1 Å². The summed E-state index contributed by atoms with van der Waals surface area (Å²) in [5.74, 6) is -1.03. The van der Waals surface area contributed by atoms with Gasteiger partial charge in [-0.1, -0.05) is 18.2 Å². The molecule has 0 heterocycles. The van der Waals surface area contributed by atoms with Gasteiger partial charge in [-0.2, -0.15) is 0 Å². The van der Waals surface area contributed by atoms with Crippen LogP contribution in [0.4, 0.5) is 10.5 Å². The number of nitrogens with one attached hydrogen (secondary N) is 1. The first-order valence-corrected chi connectivity index (χ1v) is 6.31. The van der Waals surface area contributed by atoms with Gasteiger partial charge in [0.15, 0.2) is 0 Å². The normalized spacial score (nSPS) is 9.62. The standard InChI is InChI=1S/C14H18N2O5/c1-20-12(17)8-9-16(10-13(18)21-2)14(19)15-11-6-4-3-5-7-11/h3-7H,8-10H2,1-2H3,(H,15,19). The molecule has 0 saturated heterocycles. The molecule has 1 N–H and O–H groups in total. The predicted octanol–water partition coefficient (Wildman–Crippen LogP) is 1.26. The molecule has 21 heavy (non-hydrogen) atoms. The molecule has 7 heteroatoms. The van der Waals surface area contributed by atoms with Gasteiger partial charge in [0.05, 0.1) is 20.6 Å². The van der Waals surface area contributed by atoms with E-state index >= 15 is 0 Å². The third-order valence-electron chi connectivity index (χ3n) is 2.67. The fourth-order valence-electron chi connectivity index (χ4n) is 1.53. The fourth-order valence-corrected chi connectivity index (χ4v) is 1.53. The second kappa shape index (κ2) is 8.57. The molecule has 1 aromatic carbocycles. The van der Waals surface area contributed by atoms with Crippen LogP contribution < -0.4 is 5.32 Å². The molecule has 0 aliphatic rings. The highest BCUT2D eigenvalue weighted by atomic mass is 16.5. The van der Waals surface area contributed by atoms with E-state index in [0.717, 1.165) is 0 Å². The Labute approximate surface area is 122 Å². The van der Waals surface area contributed by atoms with Crippen LogP contribution in [-0.4, -0.2) is 50.2 Å². The topological polar surface area (TPSA) is 84.9 Å². The number of amides is 2. The second-order valence-electron chi connectivity index (χ2n) is 4.12. The number of carbonyl (C=O) groups is 3. The van der Waals surface area contributed by atoms with E-state index in [-0.39, 0.29) is 19.5 Å². The van der Waals surface area contributed by atoms with Crippen LogP contribution in [0.3, 0.4) is 0 Å². The summed E-state index contributed by atoms with van der Waals surface area (Å²) in [6.45, 7) is -0.188. The van der Waals surface area contributed by atoms with Gasteiger partial charge in [-0.15, -0.1) is 0 Å². The van der Waals surface area contributed by atoms with E-state index in [9.17, 15) is 14.4 Å². The molecule has 0 atom stereocenters. The van der Waals surface area contributed by atoms with Crippen molar-refractivity contribution in [3.8, 4) is 0 Å². The lowest BCUT2D eigenvalue weighted by Crippen LogP contribution is -2.40. The summed E-state index contributed by atoms with van der Waals surface area (Å²) in [6.07, 6.45) is -0.00426. The lowest BCUT2D eigenvalue weighted by atomic mass is 10.3. The third-order valence-corrected chi connectivity index (χ3v) is 2.67. The second-order valence-corrected chi connectivity index (χ2v) is 4.12. The molecule has 1 rings (SSSR count). The maximum Gasteiger partial charge on any atom is 0.325 e. The number of esters is 2. The minimum Gasteiger partial charge on any atom is -0.469 e. The van der Waals surface area contributed by atoms with E-state index in [1.165, 1.54) is 19.1 Å². The first kappa shape index (κ1) is 16.5. The van der Waals surface area contributed by atoms with Crippen molar-refractivity contribution >= 4 is 23.7 Å². The molecule has 1 aromatic rings. The van der Waals surface area contributed by atoms with Crippen LogP contribution >= 0.6 is 0 Å². The number of hydrogen-bond acceptors (Lipinski definition) is 5. The van der Waals surface area contributed by atoms with Crippen LogP contribution in [0.2, 0.25) is 0 Å². The summed E-state index contributed by atoms with van der Waals surface area (Å²) < 4.78 is 9.05. The Hall–Kier alpha value is -2.57. The van der Waals surface area contributed by atoms with Gasteiger partial charge in [-0.3, -0.25) is 9.59 Å². The minimum atomic E-state index is -0.567. The maximum absolute atomic E-state index is 12.1.